The zero-order valence-electron chi connectivity index (χ0n) is 17.1. The lowest BCUT2D eigenvalue weighted by molar-refractivity contribution is 0.0497. The van der Waals surface area contributed by atoms with E-state index in [1.54, 1.807) is 24.3 Å². The third-order valence-electron chi connectivity index (χ3n) is 4.49. The Bertz CT molecular complexity index is 757. The molecule has 0 saturated heterocycles. The van der Waals surface area contributed by atoms with Crippen LogP contribution in [0.15, 0.2) is 42.5 Å². The fourth-order valence-electron chi connectivity index (χ4n) is 3.03. The summed E-state index contributed by atoms with van der Waals surface area (Å²) in [6.45, 7) is 6.53. The Labute approximate surface area is 167 Å². The van der Waals surface area contributed by atoms with Gasteiger partial charge in [-0.15, -0.1) is 0 Å². The van der Waals surface area contributed by atoms with Gasteiger partial charge in [-0.25, -0.2) is 9.59 Å². The normalized spacial score (nSPS) is 10.5. The average Bonchev–Trinajstić information content (AvgIpc) is 2.66. The molecule has 0 bridgehead atoms. The van der Waals surface area contributed by atoms with Gasteiger partial charge in [0.25, 0.3) is 0 Å². The maximum absolute atomic E-state index is 12.3. The Morgan fingerprint density at radius 1 is 0.750 bits per heavy atom. The van der Waals surface area contributed by atoms with Crippen LogP contribution in [0.3, 0.4) is 0 Å². The quantitative estimate of drug-likeness (QED) is 0.285. The van der Waals surface area contributed by atoms with Crippen molar-refractivity contribution < 1.29 is 19.1 Å². The predicted molar refractivity (Wildman–Crippen MR) is 111 cm³/mol. The van der Waals surface area contributed by atoms with Gasteiger partial charge >= 0.3 is 11.9 Å². The highest BCUT2D eigenvalue weighted by atomic mass is 16.5. The van der Waals surface area contributed by atoms with Gasteiger partial charge in [0.1, 0.15) is 5.75 Å². The molecule has 4 nitrogen and oxygen atoms in total. The SMILES string of the molecule is CCCCCCCCOC(=O)c1ccc(C(=O)Oc2cc(C)cc(C)c2)cc1. The summed E-state index contributed by atoms with van der Waals surface area (Å²) in [6, 6.07) is 12.0. The van der Waals surface area contributed by atoms with Crippen molar-refractivity contribution in [3.63, 3.8) is 0 Å². The number of rotatable bonds is 10. The molecule has 28 heavy (non-hydrogen) atoms. The largest absolute Gasteiger partial charge is 0.462 e. The molecule has 0 unspecified atom stereocenters. The van der Waals surface area contributed by atoms with Gasteiger partial charge in [0.05, 0.1) is 17.7 Å². The first-order valence-electron chi connectivity index (χ1n) is 10.1. The van der Waals surface area contributed by atoms with Crippen LogP contribution in [0.1, 0.15) is 77.3 Å². The third-order valence-corrected chi connectivity index (χ3v) is 4.49. The molecular formula is C24H30O4. The van der Waals surface area contributed by atoms with Crippen LogP contribution in [-0.2, 0) is 4.74 Å². The minimum atomic E-state index is -0.447. The highest BCUT2D eigenvalue weighted by Crippen LogP contribution is 2.18. The summed E-state index contributed by atoms with van der Waals surface area (Å²) < 4.78 is 10.7. The summed E-state index contributed by atoms with van der Waals surface area (Å²) >= 11 is 0. The molecule has 0 radical (unpaired) electrons. The van der Waals surface area contributed by atoms with E-state index in [-0.39, 0.29) is 5.97 Å². The number of carbonyl (C=O) groups excluding carboxylic acids is 2. The predicted octanol–water partition coefficient (Wildman–Crippen LogP) is 6.04. The van der Waals surface area contributed by atoms with Crippen LogP contribution >= 0.6 is 0 Å². The van der Waals surface area contributed by atoms with Crippen molar-refractivity contribution in [1.82, 2.24) is 0 Å². The number of carbonyl (C=O) groups is 2. The van der Waals surface area contributed by atoms with Gasteiger partial charge in [-0.3, -0.25) is 0 Å². The first-order valence-corrected chi connectivity index (χ1v) is 10.1. The second-order valence-electron chi connectivity index (χ2n) is 7.19. The molecule has 0 amide bonds. The van der Waals surface area contributed by atoms with Crippen LogP contribution in [0.4, 0.5) is 0 Å². The van der Waals surface area contributed by atoms with Crippen molar-refractivity contribution in [2.24, 2.45) is 0 Å². The summed E-state index contributed by atoms with van der Waals surface area (Å²) in [4.78, 5) is 24.4. The van der Waals surface area contributed by atoms with Gasteiger partial charge in [-0.2, -0.15) is 0 Å². The molecule has 0 N–H and O–H groups in total. The number of esters is 2. The number of hydrogen-bond donors (Lipinski definition) is 0. The fourth-order valence-corrected chi connectivity index (χ4v) is 3.03. The van der Waals surface area contributed by atoms with Gasteiger partial charge in [-0.1, -0.05) is 45.1 Å². The molecule has 0 aliphatic carbocycles. The molecule has 0 aliphatic heterocycles. The number of aryl methyl sites for hydroxylation is 2. The van der Waals surface area contributed by atoms with E-state index < -0.39 is 5.97 Å². The Balaban J connectivity index is 1.81. The van der Waals surface area contributed by atoms with E-state index in [2.05, 4.69) is 6.92 Å². The Morgan fingerprint density at radius 2 is 1.29 bits per heavy atom. The van der Waals surface area contributed by atoms with Crippen LogP contribution in [0.25, 0.3) is 0 Å². The van der Waals surface area contributed by atoms with Crippen LogP contribution in [0, 0.1) is 13.8 Å². The number of benzene rings is 2. The molecule has 0 heterocycles. The van der Waals surface area contributed by atoms with E-state index >= 15 is 0 Å². The molecule has 150 valence electrons. The molecule has 0 aromatic heterocycles. The van der Waals surface area contributed by atoms with Gasteiger partial charge in [0, 0.05) is 0 Å². The van der Waals surface area contributed by atoms with Crippen LogP contribution in [-0.4, -0.2) is 18.5 Å². The highest BCUT2D eigenvalue weighted by Gasteiger charge is 2.12. The van der Waals surface area contributed by atoms with E-state index in [0.717, 1.165) is 24.0 Å². The monoisotopic (exact) mass is 382 g/mol. The van der Waals surface area contributed by atoms with E-state index in [9.17, 15) is 9.59 Å². The molecule has 0 spiro atoms. The molecule has 0 aliphatic rings. The maximum Gasteiger partial charge on any atom is 0.343 e. The van der Waals surface area contributed by atoms with Gasteiger partial charge in [0.15, 0.2) is 0 Å². The van der Waals surface area contributed by atoms with Gasteiger partial charge in [0.2, 0.25) is 0 Å². The van der Waals surface area contributed by atoms with E-state index in [1.807, 2.05) is 32.0 Å². The molecule has 0 fully saturated rings. The zero-order valence-corrected chi connectivity index (χ0v) is 17.1. The van der Waals surface area contributed by atoms with Crippen LogP contribution < -0.4 is 4.74 Å². The van der Waals surface area contributed by atoms with Crippen molar-refractivity contribution >= 4 is 11.9 Å². The summed E-state index contributed by atoms with van der Waals surface area (Å²) in [6.07, 6.45) is 6.88. The molecule has 0 atom stereocenters. The van der Waals surface area contributed by atoms with E-state index in [1.165, 1.54) is 25.7 Å². The molecule has 0 saturated carbocycles. The number of ether oxygens (including phenoxy) is 2. The van der Waals surface area contributed by atoms with E-state index in [0.29, 0.717) is 23.5 Å². The van der Waals surface area contributed by atoms with Crippen LogP contribution in [0.5, 0.6) is 5.75 Å². The van der Waals surface area contributed by atoms with Gasteiger partial charge in [-0.05, 0) is 67.8 Å². The molecule has 2 rings (SSSR count). The molecule has 2 aromatic rings. The summed E-state index contributed by atoms with van der Waals surface area (Å²) in [5, 5.41) is 0. The lowest BCUT2D eigenvalue weighted by atomic mass is 10.1. The molecule has 4 heteroatoms. The second-order valence-corrected chi connectivity index (χ2v) is 7.19. The topological polar surface area (TPSA) is 52.6 Å². The lowest BCUT2D eigenvalue weighted by Crippen LogP contribution is -2.10. The zero-order chi connectivity index (χ0) is 20.4. The van der Waals surface area contributed by atoms with Crippen molar-refractivity contribution in [3.05, 3.63) is 64.7 Å². The smallest absolute Gasteiger partial charge is 0.343 e. The number of hydrogen-bond acceptors (Lipinski definition) is 4. The van der Waals surface area contributed by atoms with Crippen molar-refractivity contribution in [2.75, 3.05) is 6.61 Å². The van der Waals surface area contributed by atoms with Crippen LogP contribution in [0.2, 0.25) is 0 Å². The van der Waals surface area contributed by atoms with Crippen molar-refractivity contribution in [2.45, 2.75) is 59.3 Å². The average molecular weight is 383 g/mol. The van der Waals surface area contributed by atoms with Gasteiger partial charge < -0.3 is 9.47 Å². The third kappa shape index (κ3) is 7.18. The lowest BCUT2D eigenvalue weighted by Gasteiger charge is -2.08. The Morgan fingerprint density at radius 3 is 1.89 bits per heavy atom. The summed E-state index contributed by atoms with van der Waals surface area (Å²) in [5.74, 6) is -0.287. The minimum Gasteiger partial charge on any atom is -0.462 e. The fraction of sp³-hybridized carbons (Fsp3) is 0.417. The second kappa shape index (κ2) is 11.3. The Kier molecular flexibility index (Phi) is 8.73. The van der Waals surface area contributed by atoms with Crippen molar-refractivity contribution in [1.29, 1.82) is 0 Å². The molecular weight excluding hydrogens is 352 g/mol. The summed E-state index contributed by atoms with van der Waals surface area (Å²) in [5.41, 5.74) is 2.90. The maximum atomic E-state index is 12.3. The molecule has 2 aromatic carbocycles. The standard InChI is InChI=1S/C24H30O4/c1-4-5-6-7-8-9-14-27-23(25)20-10-12-21(13-11-20)24(26)28-22-16-18(2)15-19(3)17-22/h10-13,15-17H,4-9,14H2,1-3H3. The summed E-state index contributed by atoms with van der Waals surface area (Å²) in [7, 11) is 0. The van der Waals surface area contributed by atoms with E-state index in [4.69, 9.17) is 9.47 Å². The first-order chi connectivity index (χ1) is 13.5. The number of unbranched alkanes of at least 4 members (excludes halogenated alkanes) is 5. The highest BCUT2D eigenvalue weighted by molar-refractivity contribution is 5.94. The Hall–Kier alpha value is -2.62. The van der Waals surface area contributed by atoms with Crippen molar-refractivity contribution in [3.8, 4) is 5.75 Å². The minimum absolute atomic E-state index is 0.359. The first kappa shape index (κ1) is 21.7.